The summed E-state index contributed by atoms with van der Waals surface area (Å²) in [5, 5.41) is 6.10. The number of carbonyl (C=O) groups is 1. The number of aryl methyl sites for hydroxylation is 2. The summed E-state index contributed by atoms with van der Waals surface area (Å²) >= 11 is 5.30. The smallest absolute Gasteiger partial charge is 0.261 e. The summed E-state index contributed by atoms with van der Waals surface area (Å²) in [6.45, 7) is 8.66. The molecule has 0 radical (unpaired) electrons. The minimum absolute atomic E-state index is 0.265. The van der Waals surface area contributed by atoms with Crippen LogP contribution in [0.1, 0.15) is 35.3 Å². The molecule has 0 aliphatic carbocycles. The lowest BCUT2D eigenvalue weighted by Gasteiger charge is -2.16. The van der Waals surface area contributed by atoms with E-state index in [-0.39, 0.29) is 11.0 Å². The van der Waals surface area contributed by atoms with E-state index in [1.54, 1.807) is 18.2 Å². The van der Waals surface area contributed by atoms with E-state index < -0.39 is 0 Å². The lowest BCUT2D eigenvalue weighted by atomic mass is 10.1. The topological polar surface area (TPSA) is 50.4 Å². The van der Waals surface area contributed by atoms with Gasteiger partial charge in [-0.05, 0) is 55.2 Å². The van der Waals surface area contributed by atoms with E-state index in [9.17, 15) is 4.79 Å². The molecule has 132 valence electrons. The van der Waals surface area contributed by atoms with Crippen molar-refractivity contribution in [2.75, 3.05) is 11.9 Å². The molecule has 2 rings (SSSR count). The van der Waals surface area contributed by atoms with Crippen LogP contribution in [0.15, 0.2) is 42.5 Å². The van der Waals surface area contributed by atoms with Crippen LogP contribution in [0.4, 0.5) is 5.69 Å². The van der Waals surface area contributed by atoms with Gasteiger partial charge in [-0.2, -0.15) is 0 Å². The molecule has 0 aliphatic rings. The number of carbonyl (C=O) groups excluding carboxylic acids is 1. The van der Waals surface area contributed by atoms with Gasteiger partial charge in [-0.15, -0.1) is 0 Å². The Balaban J connectivity index is 2.08. The number of nitrogens with one attached hydrogen (secondary N) is 2. The zero-order valence-electron chi connectivity index (χ0n) is 15.1. The van der Waals surface area contributed by atoms with Gasteiger partial charge < -0.3 is 10.1 Å². The molecule has 0 unspecified atom stereocenters. The highest BCUT2D eigenvalue weighted by Gasteiger charge is 2.14. The predicted molar refractivity (Wildman–Crippen MR) is 106 cm³/mol. The van der Waals surface area contributed by atoms with Gasteiger partial charge in [-0.25, -0.2) is 0 Å². The van der Waals surface area contributed by atoms with Crippen LogP contribution in [0.2, 0.25) is 0 Å². The van der Waals surface area contributed by atoms with Gasteiger partial charge in [-0.3, -0.25) is 10.1 Å². The summed E-state index contributed by atoms with van der Waals surface area (Å²) < 4.78 is 5.73. The monoisotopic (exact) mass is 356 g/mol. The van der Waals surface area contributed by atoms with E-state index in [1.807, 2.05) is 38.1 Å². The summed E-state index contributed by atoms with van der Waals surface area (Å²) in [7, 11) is 0. The number of rotatable bonds is 5. The molecule has 0 bridgehead atoms. The molecular formula is C20H24N2O2S. The lowest BCUT2D eigenvalue weighted by Crippen LogP contribution is -2.34. The second kappa shape index (κ2) is 8.62. The molecule has 0 atom stereocenters. The molecule has 0 saturated carbocycles. The van der Waals surface area contributed by atoms with E-state index in [0.29, 0.717) is 23.8 Å². The van der Waals surface area contributed by atoms with Crippen LogP contribution >= 0.6 is 12.2 Å². The zero-order chi connectivity index (χ0) is 18.4. The molecule has 2 aromatic rings. The van der Waals surface area contributed by atoms with E-state index >= 15 is 0 Å². The van der Waals surface area contributed by atoms with Crippen LogP contribution in [0.5, 0.6) is 5.75 Å². The largest absolute Gasteiger partial charge is 0.492 e. The van der Waals surface area contributed by atoms with Crippen molar-refractivity contribution in [1.29, 1.82) is 0 Å². The Morgan fingerprint density at radius 2 is 1.72 bits per heavy atom. The summed E-state index contributed by atoms with van der Waals surface area (Å²) in [6.07, 6.45) is 0. The standard InChI is InChI=1S/C20H24N2O2S/c1-13(2)12-24-17-11-6-5-10-16(17)19(23)22-20(25)21-18-14(3)8-7-9-15(18)4/h5-11,13H,12H2,1-4H3,(H2,21,22,23,25). The van der Waals surface area contributed by atoms with Crippen LogP contribution in [0.3, 0.4) is 0 Å². The molecular weight excluding hydrogens is 332 g/mol. The number of thiocarbonyl (C=S) groups is 1. The maximum atomic E-state index is 12.6. The van der Waals surface area contributed by atoms with E-state index in [4.69, 9.17) is 17.0 Å². The number of para-hydroxylation sites is 2. The maximum absolute atomic E-state index is 12.6. The normalized spacial score (nSPS) is 10.4. The highest BCUT2D eigenvalue weighted by atomic mass is 32.1. The number of benzene rings is 2. The molecule has 4 nitrogen and oxygen atoms in total. The molecule has 5 heteroatoms. The first kappa shape index (κ1) is 18.9. The Morgan fingerprint density at radius 3 is 2.36 bits per heavy atom. The number of ether oxygens (including phenoxy) is 1. The molecule has 0 spiro atoms. The van der Waals surface area contributed by atoms with Gasteiger partial charge in [0.2, 0.25) is 0 Å². The summed E-state index contributed by atoms with van der Waals surface area (Å²) in [4.78, 5) is 12.6. The maximum Gasteiger partial charge on any atom is 0.261 e. The Hall–Kier alpha value is -2.40. The van der Waals surface area contributed by atoms with Crippen LogP contribution < -0.4 is 15.4 Å². The molecule has 1 amide bonds. The van der Waals surface area contributed by atoms with Gasteiger partial charge in [0.1, 0.15) is 5.75 Å². The molecule has 0 aliphatic heterocycles. The van der Waals surface area contributed by atoms with E-state index in [0.717, 1.165) is 16.8 Å². The minimum atomic E-state index is -0.289. The van der Waals surface area contributed by atoms with Crippen molar-refractivity contribution in [3.8, 4) is 5.75 Å². The van der Waals surface area contributed by atoms with Gasteiger partial charge in [0.25, 0.3) is 5.91 Å². The first-order valence-electron chi connectivity index (χ1n) is 8.29. The Labute approximate surface area is 154 Å². The predicted octanol–water partition coefficient (Wildman–Crippen LogP) is 4.47. The van der Waals surface area contributed by atoms with Gasteiger partial charge >= 0.3 is 0 Å². The van der Waals surface area contributed by atoms with Crippen molar-refractivity contribution in [3.63, 3.8) is 0 Å². The number of anilines is 1. The summed E-state index contributed by atoms with van der Waals surface area (Å²) in [5.41, 5.74) is 3.51. The third-order valence-electron chi connectivity index (χ3n) is 3.65. The second-order valence-corrected chi connectivity index (χ2v) is 6.78. The minimum Gasteiger partial charge on any atom is -0.492 e. The highest BCUT2D eigenvalue weighted by molar-refractivity contribution is 7.80. The quantitative estimate of drug-likeness (QED) is 0.777. The lowest BCUT2D eigenvalue weighted by molar-refractivity contribution is 0.0973. The van der Waals surface area contributed by atoms with E-state index in [2.05, 4.69) is 24.5 Å². The van der Waals surface area contributed by atoms with E-state index in [1.165, 1.54) is 0 Å². The van der Waals surface area contributed by atoms with Crippen molar-refractivity contribution in [1.82, 2.24) is 5.32 Å². The molecule has 2 aromatic carbocycles. The molecule has 0 aromatic heterocycles. The van der Waals surface area contributed by atoms with Crippen molar-refractivity contribution < 1.29 is 9.53 Å². The second-order valence-electron chi connectivity index (χ2n) is 6.38. The van der Waals surface area contributed by atoms with Crippen molar-refractivity contribution in [2.24, 2.45) is 5.92 Å². The first-order valence-corrected chi connectivity index (χ1v) is 8.69. The third-order valence-corrected chi connectivity index (χ3v) is 3.85. The number of hydrogen-bond acceptors (Lipinski definition) is 3. The zero-order valence-corrected chi connectivity index (χ0v) is 15.9. The third kappa shape index (κ3) is 5.29. The van der Waals surface area contributed by atoms with Crippen LogP contribution in [-0.4, -0.2) is 17.6 Å². The van der Waals surface area contributed by atoms with Crippen LogP contribution in [-0.2, 0) is 0 Å². The van der Waals surface area contributed by atoms with Gasteiger partial charge in [-0.1, -0.05) is 44.2 Å². The fraction of sp³-hybridized carbons (Fsp3) is 0.300. The van der Waals surface area contributed by atoms with Crippen molar-refractivity contribution >= 4 is 28.9 Å². The summed E-state index contributed by atoms with van der Waals surface area (Å²) in [5.74, 6) is 0.648. The van der Waals surface area contributed by atoms with Gasteiger partial charge in [0.15, 0.2) is 5.11 Å². The SMILES string of the molecule is Cc1cccc(C)c1NC(=S)NC(=O)c1ccccc1OCC(C)C. The molecule has 0 fully saturated rings. The van der Waals surface area contributed by atoms with Gasteiger partial charge in [0.05, 0.1) is 12.2 Å². The first-order chi connectivity index (χ1) is 11.9. The van der Waals surface area contributed by atoms with Crippen molar-refractivity contribution in [3.05, 3.63) is 59.2 Å². The molecule has 0 saturated heterocycles. The van der Waals surface area contributed by atoms with Crippen LogP contribution in [0, 0.1) is 19.8 Å². The average Bonchev–Trinajstić information content (AvgIpc) is 2.56. The van der Waals surface area contributed by atoms with Gasteiger partial charge in [0, 0.05) is 5.69 Å². The molecule has 0 heterocycles. The Morgan fingerprint density at radius 1 is 1.08 bits per heavy atom. The number of hydrogen-bond donors (Lipinski definition) is 2. The molecule has 25 heavy (non-hydrogen) atoms. The highest BCUT2D eigenvalue weighted by Crippen LogP contribution is 2.20. The Kier molecular flexibility index (Phi) is 6.53. The Bertz CT molecular complexity index is 752. The van der Waals surface area contributed by atoms with Crippen molar-refractivity contribution in [2.45, 2.75) is 27.7 Å². The fourth-order valence-electron chi connectivity index (χ4n) is 2.36. The average molecular weight is 356 g/mol. The van der Waals surface area contributed by atoms with Crippen LogP contribution in [0.25, 0.3) is 0 Å². The number of amides is 1. The molecule has 2 N–H and O–H groups in total. The fourth-order valence-corrected chi connectivity index (χ4v) is 2.56. The summed E-state index contributed by atoms with van der Waals surface area (Å²) in [6, 6.07) is 13.1.